The highest BCUT2D eigenvalue weighted by Crippen LogP contribution is 2.37. The first-order valence-electron chi connectivity index (χ1n) is 10.2. The van der Waals surface area contributed by atoms with E-state index >= 15 is 0 Å². The molecule has 0 spiro atoms. The minimum atomic E-state index is -3.80. The zero-order chi connectivity index (χ0) is 22.9. The maximum absolute atomic E-state index is 12.7. The number of allylic oxidation sites excluding steroid dienone is 3. The molecule has 0 bridgehead atoms. The van der Waals surface area contributed by atoms with Crippen LogP contribution in [0, 0.1) is 0 Å². The van der Waals surface area contributed by atoms with Gasteiger partial charge < -0.3 is 20.1 Å². The predicted octanol–water partition coefficient (Wildman–Crippen LogP) is 2.09. The molecule has 1 aromatic carbocycles. The van der Waals surface area contributed by atoms with Crippen LogP contribution in [0.5, 0.6) is 5.75 Å². The van der Waals surface area contributed by atoms with E-state index in [0.717, 1.165) is 18.1 Å². The van der Waals surface area contributed by atoms with Gasteiger partial charge in [0.25, 0.3) is 0 Å². The fourth-order valence-electron chi connectivity index (χ4n) is 3.27. The van der Waals surface area contributed by atoms with Gasteiger partial charge in [0.1, 0.15) is 16.3 Å². The summed E-state index contributed by atoms with van der Waals surface area (Å²) in [4.78, 5) is 12.2. The molecule has 0 heterocycles. The van der Waals surface area contributed by atoms with Gasteiger partial charge in [0.15, 0.2) is 9.84 Å². The summed E-state index contributed by atoms with van der Waals surface area (Å²) in [5.41, 5.74) is -1.75. The Bertz CT molecular complexity index is 932. The molecule has 0 amide bonds. The van der Waals surface area contributed by atoms with Gasteiger partial charge in [0, 0.05) is 18.4 Å². The lowest BCUT2D eigenvalue weighted by atomic mass is 9.90. The highest BCUT2D eigenvalue weighted by molar-refractivity contribution is 7.95. The molecule has 0 fully saturated rings. The third-order valence-corrected chi connectivity index (χ3v) is 6.02. The lowest BCUT2D eigenvalue weighted by Crippen LogP contribution is -2.28. The van der Waals surface area contributed by atoms with E-state index in [9.17, 15) is 23.4 Å². The van der Waals surface area contributed by atoms with Gasteiger partial charge in [-0.2, -0.15) is 0 Å². The van der Waals surface area contributed by atoms with Crippen LogP contribution < -0.4 is 4.74 Å². The molecular weight excluding hydrogens is 420 g/mol. The van der Waals surface area contributed by atoms with Gasteiger partial charge in [0.2, 0.25) is 5.78 Å². The molecule has 7 nitrogen and oxygen atoms in total. The van der Waals surface area contributed by atoms with Crippen molar-refractivity contribution in [1.82, 2.24) is 0 Å². The number of sulfone groups is 1. The second-order valence-electron chi connectivity index (χ2n) is 7.55. The molecule has 2 unspecified atom stereocenters. The second-order valence-corrected chi connectivity index (χ2v) is 9.54. The lowest BCUT2D eigenvalue weighted by molar-refractivity contribution is -0.112. The number of carbonyl (C=O) groups is 1. The summed E-state index contributed by atoms with van der Waals surface area (Å²) in [6.45, 7) is 0.381. The number of hydrogen-bond donors (Lipinski definition) is 3. The number of aliphatic hydroxyl groups excluding tert-OH is 2. The molecule has 1 aliphatic carbocycles. The molecule has 2 atom stereocenters. The van der Waals surface area contributed by atoms with E-state index in [0.29, 0.717) is 32.3 Å². The quantitative estimate of drug-likeness (QED) is 0.329. The summed E-state index contributed by atoms with van der Waals surface area (Å²) in [6.07, 6.45) is 7.49. The first-order valence-corrected chi connectivity index (χ1v) is 12.1. The number of para-hydroxylation sites is 1. The Labute approximate surface area is 183 Å². The smallest absolute Gasteiger partial charge is 0.203 e. The molecule has 0 saturated heterocycles. The van der Waals surface area contributed by atoms with Gasteiger partial charge in [0.05, 0.1) is 12.7 Å². The Kier molecular flexibility index (Phi) is 9.18. The van der Waals surface area contributed by atoms with E-state index in [4.69, 9.17) is 9.84 Å². The molecule has 0 aliphatic heterocycles. The normalized spacial score (nSPS) is 21.6. The van der Waals surface area contributed by atoms with Crippen molar-refractivity contribution in [3.8, 4) is 5.75 Å². The third kappa shape index (κ3) is 7.43. The Morgan fingerprint density at radius 2 is 1.87 bits per heavy atom. The zero-order valence-electron chi connectivity index (χ0n) is 17.6. The van der Waals surface area contributed by atoms with Crippen molar-refractivity contribution in [1.29, 1.82) is 0 Å². The van der Waals surface area contributed by atoms with Crippen LogP contribution in [0.15, 0.2) is 65.1 Å². The zero-order valence-corrected chi connectivity index (χ0v) is 18.4. The summed E-state index contributed by atoms with van der Waals surface area (Å²) < 4.78 is 29.6. The molecule has 1 aliphatic rings. The maximum Gasteiger partial charge on any atom is 0.203 e. The van der Waals surface area contributed by atoms with Gasteiger partial charge >= 0.3 is 0 Å². The SMILES string of the molecule is CS(=O)(=O)C1=CC(O)(CCCCOc2ccccc2)C(=C/C=C\C(O)CCCO)C1=O. The summed E-state index contributed by atoms with van der Waals surface area (Å²) in [5.74, 6) is 0.00188. The second kappa shape index (κ2) is 11.4. The monoisotopic (exact) mass is 450 g/mol. The molecule has 8 heteroatoms. The average Bonchev–Trinajstić information content (AvgIpc) is 2.98. The van der Waals surface area contributed by atoms with E-state index in [2.05, 4.69) is 0 Å². The highest BCUT2D eigenvalue weighted by atomic mass is 32.2. The predicted molar refractivity (Wildman–Crippen MR) is 118 cm³/mol. The van der Waals surface area contributed by atoms with Crippen molar-refractivity contribution in [2.75, 3.05) is 19.5 Å². The van der Waals surface area contributed by atoms with Crippen LogP contribution in [0.4, 0.5) is 0 Å². The first kappa shape index (κ1) is 25.0. The number of rotatable bonds is 12. The molecule has 3 N–H and O–H groups in total. The van der Waals surface area contributed by atoms with Crippen molar-refractivity contribution < 1.29 is 33.3 Å². The van der Waals surface area contributed by atoms with Crippen LogP contribution >= 0.6 is 0 Å². The van der Waals surface area contributed by atoms with Crippen LogP contribution in [-0.2, 0) is 14.6 Å². The van der Waals surface area contributed by atoms with Gasteiger partial charge in [-0.3, -0.25) is 4.79 Å². The molecule has 31 heavy (non-hydrogen) atoms. The van der Waals surface area contributed by atoms with Crippen molar-refractivity contribution >= 4 is 15.6 Å². The number of aliphatic hydroxyl groups is 3. The van der Waals surface area contributed by atoms with Gasteiger partial charge in [-0.25, -0.2) is 8.42 Å². The molecule has 1 aromatic rings. The van der Waals surface area contributed by atoms with E-state index < -0.39 is 32.2 Å². The van der Waals surface area contributed by atoms with Crippen LogP contribution in [0.25, 0.3) is 0 Å². The summed E-state index contributed by atoms with van der Waals surface area (Å²) in [6, 6.07) is 9.30. The van der Waals surface area contributed by atoms with Crippen LogP contribution in [-0.4, -0.2) is 60.7 Å². The Morgan fingerprint density at radius 3 is 2.52 bits per heavy atom. The fraction of sp³-hybridized carbons (Fsp3) is 0.435. The molecule has 170 valence electrons. The number of unbranched alkanes of at least 4 members (excludes halogenated alkanes) is 1. The maximum atomic E-state index is 12.7. The molecule has 0 radical (unpaired) electrons. The molecular formula is C23H30O7S. The van der Waals surface area contributed by atoms with Gasteiger partial charge in [-0.15, -0.1) is 0 Å². The minimum absolute atomic E-state index is 0.0393. The lowest BCUT2D eigenvalue weighted by Gasteiger charge is -2.22. The number of ketones is 1. The number of ether oxygens (including phenoxy) is 1. The highest BCUT2D eigenvalue weighted by Gasteiger charge is 2.44. The number of carbonyl (C=O) groups excluding carboxylic acids is 1. The largest absolute Gasteiger partial charge is 0.494 e. The fourth-order valence-corrected chi connectivity index (χ4v) is 4.13. The Balaban J connectivity index is 2.06. The molecule has 0 saturated carbocycles. The molecule has 2 rings (SSSR count). The molecule has 0 aromatic heterocycles. The van der Waals surface area contributed by atoms with Crippen LogP contribution in [0.1, 0.15) is 32.1 Å². The number of Topliss-reactive ketones (excluding diaryl/α,β-unsaturated/α-hetero) is 1. The van der Waals surface area contributed by atoms with Crippen molar-refractivity contribution in [2.45, 2.75) is 43.8 Å². The summed E-state index contributed by atoms with van der Waals surface area (Å²) >= 11 is 0. The standard InChI is InChI=1S/C23H30O7S/c1-31(28,29)21-17-23(27,14-5-6-16-30-19-11-3-2-4-12-19)20(22(21)26)13-7-9-18(25)10-8-15-24/h2-4,7,9,11-13,17-18,24-25,27H,5-6,8,10,14-16H2,1H3/b9-7-,20-13?. The van der Waals surface area contributed by atoms with Crippen LogP contribution in [0.2, 0.25) is 0 Å². The summed E-state index contributed by atoms with van der Waals surface area (Å²) in [5, 5.41) is 29.7. The van der Waals surface area contributed by atoms with Crippen molar-refractivity contribution in [3.63, 3.8) is 0 Å². The Morgan fingerprint density at radius 1 is 1.16 bits per heavy atom. The van der Waals surface area contributed by atoms with E-state index in [1.54, 1.807) is 0 Å². The average molecular weight is 451 g/mol. The minimum Gasteiger partial charge on any atom is -0.494 e. The van der Waals surface area contributed by atoms with Gasteiger partial charge in [-0.1, -0.05) is 36.4 Å². The summed E-state index contributed by atoms with van der Waals surface area (Å²) in [7, 11) is -3.80. The van der Waals surface area contributed by atoms with Gasteiger partial charge in [-0.05, 0) is 50.3 Å². The number of hydrogen-bond acceptors (Lipinski definition) is 7. The van der Waals surface area contributed by atoms with Crippen molar-refractivity contribution in [2.24, 2.45) is 0 Å². The first-order chi connectivity index (χ1) is 14.7. The van der Waals surface area contributed by atoms with E-state index in [1.807, 2.05) is 30.3 Å². The van der Waals surface area contributed by atoms with Crippen molar-refractivity contribution in [3.05, 3.63) is 65.1 Å². The number of benzene rings is 1. The Hall–Kier alpha value is -2.26. The van der Waals surface area contributed by atoms with Crippen LogP contribution in [0.3, 0.4) is 0 Å². The van der Waals surface area contributed by atoms with E-state index in [1.165, 1.54) is 18.2 Å². The topological polar surface area (TPSA) is 121 Å². The van der Waals surface area contributed by atoms with E-state index in [-0.39, 0.29) is 18.6 Å². The third-order valence-electron chi connectivity index (χ3n) is 4.92.